The van der Waals surface area contributed by atoms with Gasteiger partial charge in [0.2, 0.25) is 5.90 Å². The van der Waals surface area contributed by atoms with Gasteiger partial charge in [-0.15, -0.1) is 6.58 Å². The molecule has 2 aliphatic rings. The molecule has 1 N–H and O–H groups in total. The number of nitrogens with one attached hydrogen (secondary N) is 1. The zero-order valence-corrected chi connectivity index (χ0v) is 16.0. The van der Waals surface area contributed by atoms with Gasteiger partial charge in [0.05, 0.1) is 0 Å². The van der Waals surface area contributed by atoms with Gasteiger partial charge in [-0.25, -0.2) is 14.6 Å². The Bertz CT molecular complexity index is 1010. The van der Waals surface area contributed by atoms with Crippen molar-refractivity contribution in [2.75, 3.05) is 32.7 Å². The van der Waals surface area contributed by atoms with Crippen LogP contribution >= 0.6 is 0 Å². The second-order valence-electron chi connectivity index (χ2n) is 6.85. The number of hydrogen-bond acceptors (Lipinski definition) is 5. The third-order valence-electron chi connectivity index (χ3n) is 4.94. The second kappa shape index (κ2) is 8.18. The van der Waals surface area contributed by atoms with Gasteiger partial charge in [0, 0.05) is 44.5 Å². The Morgan fingerprint density at radius 2 is 1.90 bits per heavy atom. The zero-order valence-electron chi connectivity index (χ0n) is 16.0. The molecule has 2 aromatic carbocycles. The predicted molar refractivity (Wildman–Crippen MR) is 111 cm³/mol. The van der Waals surface area contributed by atoms with Crippen LogP contribution < -0.4 is 5.32 Å². The van der Waals surface area contributed by atoms with Gasteiger partial charge in [-0.3, -0.25) is 0 Å². The van der Waals surface area contributed by atoms with Gasteiger partial charge in [-0.05, 0) is 16.8 Å². The number of urea groups is 1. The van der Waals surface area contributed by atoms with Crippen LogP contribution in [0.25, 0.3) is 10.8 Å². The molecule has 29 heavy (non-hydrogen) atoms. The molecule has 2 heterocycles. The van der Waals surface area contributed by atoms with Crippen LogP contribution in [-0.2, 0) is 9.53 Å². The number of amides is 2. The van der Waals surface area contributed by atoms with E-state index in [0.29, 0.717) is 38.6 Å². The van der Waals surface area contributed by atoms with Crippen molar-refractivity contribution in [2.24, 2.45) is 4.99 Å². The summed E-state index contributed by atoms with van der Waals surface area (Å²) in [5.74, 6) is -0.139. The van der Waals surface area contributed by atoms with E-state index in [2.05, 4.69) is 16.9 Å². The van der Waals surface area contributed by atoms with Crippen molar-refractivity contribution >= 4 is 28.7 Å². The summed E-state index contributed by atoms with van der Waals surface area (Å²) in [7, 11) is 0. The summed E-state index contributed by atoms with van der Waals surface area (Å²) in [6.45, 7) is 6.43. The lowest BCUT2D eigenvalue weighted by molar-refractivity contribution is -0.130. The lowest BCUT2D eigenvalue weighted by atomic mass is 10.0. The molecule has 2 aliphatic heterocycles. The van der Waals surface area contributed by atoms with E-state index < -0.39 is 5.97 Å². The SMILES string of the molecule is C=CCNC(=O)N1CCN(/C=C2/N=C(c3cccc4ccccc34)OC2=O)CC1. The number of nitrogens with zero attached hydrogens (tertiary/aromatic N) is 3. The molecule has 0 unspecified atom stereocenters. The van der Waals surface area contributed by atoms with Gasteiger partial charge >= 0.3 is 12.0 Å². The van der Waals surface area contributed by atoms with Crippen molar-refractivity contribution in [2.45, 2.75) is 0 Å². The minimum absolute atomic E-state index is 0.103. The molecule has 0 spiro atoms. The first kappa shape index (κ1) is 18.7. The quantitative estimate of drug-likeness (QED) is 0.495. The van der Waals surface area contributed by atoms with Crippen molar-refractivity contribution in [3.63, 3.8) is 0 Å². The molecule has 0 aromatic heterocycles. The van der Waals surface area contributed by atoms with Crippen molar-refractivity contribution in [3.8, 4) is 0 Å². The number of aliphatic imine (C=N–C) groups is 1. The lowest BCUT2D eigenvalue weighted by Crippen LogP contribution is -2.50. The number of piperazine rings is 1. The Morgan fingerprint density at radius 3 is 2.69 bits per heavy atom. The van der Waals surface area contributed by atoms with E-state index in [9.17, 15) is 9.59 Å². The number of hydrogen-bond donors (Lipinski definition) is 1. The van der Waals surface area contributed by atoms with Crippen LogP contribution in [0.15, 0.2) is 72.0 Å². The van der Waals surface area contributed by atoms with E-state index in [1.54, 1.807) is 17.2 Å². The summed E-state index contributed by atoms with van der Waals surface area (Å²) >= 11 is 0. The van der Waals surface area contributed by atoms with Crippen molar-refractivity contribution in [3.05, 3.63) is 72.6 Å². The molecule has 1 fully saturated rings. The molecule has 0 atom stereocenters. The van der Waals surface area contributed by atoms with E-state index in [-0.39, 0.29) is 11.7 Å². The van der Waals surface area contributed by atoms with E-state index in [4.69, 9.17) is 4.74 Å². The summed E-state index contributed by atoms with van der Waals surface area (Å²) in [5.41, 5.74) is 1.07. The van der Waals surface area contributed by atoms with Crippen molar-refractivity contribution in [1.29, 1.82) is 0 Å². The number of ether oxygens (including phenoxy) is 1. The zero-order chi connectivity index (χ0) is 20.2. The molecule has 0 bridgehead atoms. The molecule has 2 aromatic rings. The molecule has 0 radical (unpaired) electrons. The van der Waals surface area contributed by atoms with Crippen LogP contribution in [0, 0.1) is 0 Å². The van der Waals surface area contributed by atoms with Gasteiger partial charge in [0.1, 0.15) is 0 Å². The predicted octanol–water partition coefficient (Wildman–Crippen LogP) is 2.50. The summed E-state index contributed by atoms with van der Waals surface area (Å²) in [6.07, 6.45) is 3.37. The van der Waals surface area contributed by atoms with Crippen LogP contribution in [0.1, 0.15) is 5.56 Å². The molecule has 148 valence electrons. The van der Waals surface area contributed by atoms with Crippen LogP contribution in [0.3, 0.4) is 0 Å². The third kappa shape index (κ3) is 3.99. The minimum atomic E-state index is -0.459. The standard InChI is InChI=1S/C22H22N4O3/c1-2-10-23-22(28)26-13-11-25(12-14-26)15-19-21(27)29-20(24-19)18-9-5-7-16-6-3-4-8-17(16)18/h2-9,15H,1,10-14H2,(H,23,28)/b19-15+. The fourth-order valence-electron chi connectivity index (χ4n) is 3.42. The number of benzene rings is 2. The van der Waals surface area contributed by atoms with E-state index >= 15 is 0 Å². The maximum Gasteiger partial charge on any atom is 0.365 e. The molecule has 0 aliphatic carbocycles. The summed E-state index contributed by atoms with van der Waals surface area (Å²) in [5, 5.41) is 4.82. The van der Waals surface area contributed by atoms with Crippen molar-refractivity contribution < 1.29 is 14.3 Å². The molecule has 7 nitrogen and oxygen atoms in total. The summed E-state index contributed by atoms with van der Waals surface area (Å²) in [4.78, 5) is 32.5. The first-order valence-electron chi connectivity index (χ1n) is 9.54. The fraction of sp³-hybridized carbons (Fsp3) is 0.227. The molecule has 0 saturated carbocycles. The first-order chi connectivity index (χ1) is 14.2. The van der Waals surface area contributed by atoms with Crippen LogP contribution in [-0.4, -0.2) is 60.4 Å². The monoisotopic (exact) mass is 390 g/mol. The van der Waals surface area contributed by atoms with E-state index in [0.717, 1.165) is 16.3 Å². The highest BCUT2D eigenvalue weighted by molar-refractivity contribution is 6.16. The van der Waals surface area contributed by atoms with Crippen LogP contribution in [0.2, 0.25) is 0 Å². The summed E-state index contributed by atoms with van der Waals surface area (Å²) in [6, 6.07) is 13.6. The molecule has 1 saturated heterocycles. The Kier molecular flexibility index (Phi) is 5.29. The largest absolute Gasteiger partial charge is 0.402 e. The molecule has 7 heteroatoms. The second-order valence-corrected chi connectivity index (χ2v) is 6.85. The van der Waals surface area contributed by atoms with Crippen molar-refractivity contribution in [1.82, 2.24) is 15.1 Å². The molecule has 4 rings (SSSR count). The highest BCUT2D eigenvalue weighted by Gasteiger charge is 2.27. The first-order valence-corrected chi connectivity index (χ1v) is 9.54. The Balaban J connectivity index is 1.48. The highest BCUT2D eigenvalue weighted by Crippen LogP contribution is 2.24. The fourth-order valence-corrected chi connectivity index (χ4v) is 3.42. The van der Waals surface area contributed by atoms with E-state index in [1.807, 2.05) is 47.4 Å². The summed E-state index contributed by atoms with van der Waals surface area (Å²) < 4.78 is 5.45. The average molecular weight is 390 g/mol. The normalized spacial score (nSPS) is 18.0. The molecular weight excluding hydrogens is 368 g/mol. The number of carbonyl (C=O) groups is 2. The number of rotatable bonds is 4. The Labute approximate surface area is 169 Å². The third-order valence-corrected chi connectivity index (χ3v) is 4.94. The van der Waals surface area contributed by atoms with Gasteiger partial charge in [0.15, 0.2) is 5.70 Å². The van der Waals surface area contributed by atoms with Gasteiger partial charge < -0.3 is 19.9 Å². The number of fused-ring (bicyclic) bond motifs is 1. The molecule has 2 amide bonds. The van der Waals surface area contributed by atoms with Crippen LogP contribution in [0.5, 0.6) is 0 Å². The van der Waals surface area contributed by atoms with Gasteiger partial charge in [-0.2, -0.15) is 0 Å². The van der Waals surface area contributed by atoms with Gasteiger partial charge in [-0.1, -0.05) is 42.5 Å². The Morgan fingerprint density at radius 1 is 1.14 bits per heavy atom. The number of esters is 1. The number of carbonyl (C=O) groups excluding carboxylic acids is 2. The number of cyclic esters (lactones) is 1. The van der Waals surface area contributed by atoms with Crippen LogP contribution in [0.4, 0.5) is 4.79 Å². The molecular formula is C22H22N4O3. The Hall–Kier alpha value is -3.61. The smallest absolute Gasteiger partial charge is 0.365 e. The highest BCUT2D eigenvalue weighted by atomic mass is 16.6. The average Bonchev–Trinajstić information content (AvgIpc) is 3.12. The maximum atomic E-state index is 12.3. The van der Waals surface area contributed by atoms with Gasteiger partial charge in [0.25, 0.3) is 0 Å². The lowest BCUT2D eigenvalue weighted by Gasteiger charge is -2.33. The minimum Gasteiger partial charge on any atom is -0.402 e. The maximum absolute atomic E-state index is 12.3. The topological polar surface area (TPSA) is 74.2 Å². The van der Waals surface area contributed by atoms with E-state index in [1.165, 1.54) is 0 Å².